The Morgan fingerprint density at radius 3 is 2.44 bits per heavy atom. The van der Waals surface area contributed by atoms with Crippen LogP contribution in [0.3, 0.4) is 0 Å². The zero-order valence-corrected chi connectivity index (χ0v) is 9.11. The highest BCUT2D eigenvalue weighted by atomic mass is 19.1. The second-order valence-electron chi connectivity index (χ2n) is 3.44. The molecular weight excluding hydrogens is 203 g/mol. The number of ether oxygens (including phenoxy) is 1. The van der Waals surface area contributed by atoms with Gasteiger partial charge < -0.3 is 4.74 Å². The fourth-order valence-corrected chi connectivity index (χ4v) is 1.60. The number of hydrogen-bond acceptors (Lipinski definition) is 1. The third-order valence-electron chi connectivity index (χ3n) is 2.34. The van der Waals surface area contributed by atoms with E-state index in [0.717, 1.165) is 5.56 Å². The number of benzene rings is 2. The fraction of sp³-hybridized carbons (Fsp3) is 0.143. The van der Waals surface area contributed by atoms with Gasteiger partial charge in [-0.3, -0.25) is 0 Å². The molecule has 0 aliphatic heterocycles. The molecular formula is C14H13FO. The van der Waals surface area contributed by atoms with Crippen molar-refractivity contribution in [3.63, 3.8) is 0 Å². The van der Waals surface area contributed by atoms with E-state index in [1.165, 1.54) is 6.07 Å². The highest BCUT2D eigenvalue weighted by Gasteiger charge is 2.05. The normalized spacial score (nSPS) is 10.1. The summed E-state index contributed by atoms with van der Waals surface area (Å²) in [5, 5.41) is 0. The second kappa shape index (κ2) is 4.79. The monoisotopic (exact) mass is 216 g/mol. The molecule has 2 aromatic rings. The van der Waals surface area contributed by atoms with Gasteiger partial charge in [0, 0.05) is 11.6 Å². The Morgan fingerprint density at radius 2 is 1.81 bits per heavy atom. The SMILES string of the molecule is CCOc1ccc(-c2ccccc2)c(F)c1. The van der Waals surface area contributed by atoms with E-state index >= 15 is 0 Å². The van der Waals surface area contributed by atoms with Gasteiger partial charge in [-0.25, -0.2) is 4.39 Å². The van der Waals surface area contributed by atoms with Crippen molar-refractivity contribution < 1.29 is 9.13 Å². The zero-order chi connectivity index (χ0) is 11.4. The number of hydrogen-bond donors (Lipinski definition) is 0. The summed E-state index contributed by atoms with van der Waals surface area (Å²) in [4.78, 5) is 0. The van der Waals surface area contributed by atoms with Crippen molar-refractivity contribution in [2.24, 2.45) is 0 Å². The van der Waals surface area contributed by atoms with Gasteiger partial charge in [-0.15, -0.1) is 0 Å². The van der Waals surface area contributed by atoms with Crippen LogP contribution in [0, 0.1) is 5.82 Å². The Morgan fingerprint density at radius 1 is 1.06 bits per heavy atom. The van der Waals surface area contributed by atoms with E-state index in [9.17, 15) is 4.39 Å². The lowest BCUT2D eigenvalue weighted by Gasteiger charge is -2.06. The maximum atomic E-state index is 13.8. The maximum Gasteiger partial charge on any atom is 0.134 e. The van der Waals surface area contributed by atoms with Crippen molar-refractivity contribution in [2.45, 2.75) is 6.92 Å². The largest absolute Gasteiger partial charge is 0.494 e. The molecule has 0 bridgehead atoms. The number of rotatable bonds is 3. The summed E-state index contributed by atoms with van der Waals surface area (Å²) >= 11 is 0. The Bertz CT molecular complexity index is 465. The highest BCUT2D eigenvalue weighted by Crippen LogP contribution is 2.25. The Labute approximate surface area is 94.5 Å². The molecule has 0 atom stereocenters. The van der Waals surface area contributed by atoms with Crippen LogP contribution in [0.4, 0.5) is 4.39 Å². The van der Waals surface area contributed by atoms with Crippen molar-refractivity contribution in [2.75, 3.05) is 6.61 Å². The van der Waals surface area contributed by atoms with Crippen LogP contribution >= 0.6 is 0 Å². The molecule has 0 unspecified atom stereocenters. The summed E-state index contributed by atoms with van der Waals surface area (Å²) in [6.45, 7) is 2.42. The molecule has 0 aromatic heterocycles. The molecule has 0 aliphatic carbocycles. The molecule has 2 rings (SSSR count). The van der Waals surface area contributed by atoms with Gasteiger partial charge in [0.25, 0.3) is 0 Å². The van der Waals surface area contributed by atoms with E-state index in [-0.39, 0.29) is 5.82 Å². The smallest absolute Gasteiger partial charge is 0.134 e. The van der Waals surface area contributed by atoms with Crippen LogP contribution in [0.25, 0.3) is 11.1 Å². The first-order valence-corrected chi connectivity index (χ1v) is 5.29. The molecule has 2 heteroatoms. The summed E-state index contributed by atoms with van der Waals surface area (Å²) in [6, 6.07) is 14.4. The van der Waals surface area contributed by atoms with Gasteiger partial charge in [0.1, 0.15) is 11.6 Å². The predicted octanol–water partition coefficient (Wildman–Crippen LogP) is 3.89. The summed E-state index contributed by atoms with van der Waals surface area (Å²) in [6.07, 6.45) is 0. The summed E-state index contributed by atoms with van der Waals surface area (Å²) < 4.78 is 19.0. The van der Waals surface area contributed by atoms with Gasteiger partial charge in [0.05, 0.1) is 6.61 Å². The highest BCUT2D eigenvalue weighted by molar-refractivity contribution is 5.64. The van der Waals surface area contributed by atoms with E-state index in [1.807, 2.05) is 37.3 Å². The lowest BCUT2D eigenvalue weighted by molar-refractivity contribution is 0.338. The van der Waals surface area contributed by atoms with Gasteiger partial charge >= 0.3 is 0 Å². The minimum atomic E-state index is -0.253. The van der Waals surface area contributed by atoms with Crippen LogP contribution in [0.5, 0.6) is 5.75 Å². The molecule has 0 amide bonds. The van der Waals surface area contributed by atoms with Crippen LogP contribution in [0.15, 0.2) is 48.5 Å². The summed E-state index contributed by atoms with van der Waals surface area (Å²) in [5.41, 5.74) is 1.48. The van der Waals surface area contributed by atoms with Crippen molar-refractivity contribution in [1.29, 1.82) is 0 Å². The van der Waals surface area contributed by atoms with Crippen molar-refractivity contribution >= 4 is 0 Å². The quantitative estimate of drug-likeness (QED) is 0.756. The molecule has 0 N–H and O–H groups in total. The molecule has 0 heterocycles. The Balaban J connectivity index is 2.37. The molecule has 0 saturated carbocycles. The van der Waals surface area contributed by atoms with Crippen LogP contribution in [-0.4, -0.2) is 6.61 Å². The lowest BCUT2D eigenvalue weighted by atomic mass is 10.1. The summed E-state index contributed by atoms with van der Waals surface area (Å²) in [7, 11) is 0. The van der Waals surface area contributed by atoms with Crippen molar-refractivity contribution in [1.82, 2.24) is 0 Å². The van der Waals surface area contributed by atoms with Gasteiger partial charge in [0.15, 0.2) is 0 Å². The van der Waals surface area contributed by atoms with E-state index in [2.05, 4.69) is 0 Å². The van der Waals surface area contributed by atoms with E-state index in [4.69, 9.17) is 4.74 Å². The lowest BCUT2D eigenvalue weighted by Crippen LogP contribution is -1.93. The minimum Gasteiger partial charge on any atom is -0.494 e. The maximum absolute atomic E-state index is 13.8. The molecule has 16 heavy (non-hydrogen) atoms. The third kappa shape index (κ3) is 2.22. The molecule has 82 valence electrons. The topological polar surface area (TPSA) is 9.23 Å². The van der Waals surface area contributed by atoms with Gasteiger partial charge in [0.2, 0.25) is 0 Å². The van der Waals surface area contributed by atoms with Crippen molar-refractivity contribution in [3.05, 3.63) is 54.3 Å². The van der Waals surface area contributed by atoms with Gasteiger partial charge in [-0.2, -0.15) is 0 Å². The Hall–Kier alpha value is -1.83. The second-order valence-corrected chi connectivity index (χ2v) is 3.44. The first-order valence-electron chi connectivity index (χ1n) is 5.29. The first-order chi connectivity index (χ1) is 7.81. The molecule has 0 fully saturated rings. The summed E-state index contributed by atoms with van der Waals surface area (Å²) in [5.74, 6) is 0.317. The van der Waals surface area contributed by atoms with E-state index in [1.54, 1.807) is 12.1 Å². The predicted molar refractivity (Wildman–Crippen MR) is 63.0 cm³/mol. The van der Waals surface area contributed by atoms with Crippen LogP contribution in [0.1, 0.15) is 6.92 Å². The van der Waals surface area contributed by atoms with Crippen molar-refractivity contribution in [3.8, 4) is 16.9 Å². The zero-order valence-electron chi connectivity index (χ0n) is 9.11. The first kappa shape index (κ1) is 10.7. The fourth-order valence-electron chi connectivity index (χ4n) is 1.60. The van der Waals surface area contributed by atoms with Gasteiger partial charge in [-0.1, -0.05) is 30.3 Å². The molecule has 0 radical (unpaired) electrons. The molecule has 0 aliphatic rings. The number of halogens is 1. The minimum absolute atomic E-state index is 0.253. The van der Waals surface area contributed by atoms with Gasteiger partial charge in [-0.05, 0) is 24.6 Å². The molecule has 2 aromatic carbocycles. The van der Waals surface area contributed by atoms with Crippen LogP contribution in [0.2, 0.25) is 0 Å². The third-order valence-corrected chi connectivity index (χ3v) is 2.34. The van der Waals surface area contributed by atoms with Crippen LogP contribution < -0.4 is 4.74 Å². The van der Waals surface area contributed by atoms with Crippen LogP contribution in [-0.2, 0) is 0 Å². The average molecular weight is 216 g/mol. The standard InChI is InChI=1S/C14H13FO/c1-2-16-12-8-9-13(14(15)10-12)11-6-4-3-5-7-11/h3-10H,2H2,1H3. The average Bonchev–Trinajstić information content (AvgIpc) is 2.31. The Kier molecular flexibility index (Phi) is 3.20. The van der Waals surface area contributed by atoms with E-state index in [0.29, 0.717) is 17.9 Å². The van der Waals surface area contributed by atoms with E-state index < -0.39 is 0 Å². The molecule has 0 spiro atoms. The molecule has 0 saturated heterocycles. The molecule has 1 nitrogen and oxygen atoms in total.